The Labute approximate surface area is 219 Å². The molecule has 2 nitrogen and oxygen atoms in total. The largest absolute Gasteiger partial charge is 0.324 e. The summed E-state index contributed by atoms with van der Waals surface area (Å²) in [4.78, 5) is 0. The van der Waals surface area contributed by atoms with Gasteiger partial charge in [0.1, 0.15) is 5.69 Å². The summed E-state index contributed by atoms with van der Waals surface area (Å²) in [5, 5.41) is 2.62. The molecule has 0 saturated heterocycles. The molecule has 0 amide bonds. The van der Waals surface area contributed by atoms with Gasteiger partial charge < -0.3 is 5.09 Å². The third kappa shape index (κ3) is 5.00. The molecule has 0 aromatic heterocycles. The van der Waals surface area contributed by atoms with Gasteiger partial charge in [-0.1, -0.05) is 80.4 Å². The number of aryl methyl sites for hydroxylation is 2. The maximum Gasteiger partial charge on any atom is 0.227 e. The van der Waals surface area contributed by atoms with Crippen molar-refractivity contribution in [3.63, 3.8) is 0 Å². The Kier molecular flexibility index (Phi) is 7.28. The average Bonchev–Trinajstić information content (AvgIpc) is 2.88. The van der Waals surface area contributed by atoms with Crippen molar-refractivity contribution in [2.45, 2.75) is 40.0 Å². The molecule has 0 aliphatic rings. The fraction of sp³-hybridized carbons (Fsp3) is 0.200. The maximum atomic E-state index is 14.9. The van der Waals surface area contributed by atoms with Gasteiger partial charge in [0, 0.05) is 10.6 Å². The summed E-state index contributed by atoms with van der Waals surface area (Å²) in [7, 11) is -4.24. The fourth-order valence-corrected chi connectivity index (χ4v) is 6.89. The van der Waals surface area contributed by atoms with Crippen LogP contribution in [0.2, 0.25) is 0 Å². The van der Waals surface area contributed by atoms with Gasteiger partial charge in [0.2, 0.25) is 13.1 Å². The van der Waals surface area contributed by atoms with Crippen molar-refractivity contribution < 1.29 is 26.5 Å². The quantitative estimate of drug-likeness (QED) is 0.119. The van der Waals surface area contributed by atoms with Crippen molar-refractivity contribution in [3.05, 3.63) is 113 Å². The van der Waals surface area contributed by atoms with E-state index in [1.807, 2.05) is 24.3 Å². The Bertz CT molecular complexity index is 1550. The van der Waals surface area contributed by atoms with Crippen LogP contribution in [-0.4, -0.2) is 0 Å². The third-order valence-electron chi connectivity index (χ3n) is 6.40. The number of rotatable bonds is 5. The molecular formula is C30H27F5NOP. The van der Waals surface area contributed by atoms with Crippen molar-refractivity contribution in [1.82, 2.24) is 0 Å². The Morgan fingerprint density at radius 2 is 1.24 bits per heavy atom. The number of hydrogen-bond donors (Lipinski definition) is 1. The van der Waals surface area contributed by atoms with E-state index < -0.39 is 42.1 Å². The van der Waals surface area contributed by atoms with Crippen molar-refractivity contribution in [3.8, 4) is 11.1 Å². The summed E-state index contributed by atoms with van der Waals surface area (Å²) < 4.78 is 86.5. The molecule has 1 N–H and O–H groups in total. The SMILES string of the molecule is Cc1cccc(P(=O)(Nc2c(F)c(F)c(F)c(F)c2F)c2cc(C)ccc2-c2ccc(C(C)(C)C)cc2)c1. The van der Waals surface area contributed by atoms with Crippen LogP contribution in [0.1, 0.15) is 37.5 Å². The van der Waals surface area contributed by atoms with Crippen LogP contribution in [0, 0.1) is 42.9 Å². The lowest BCUT2D eigenvalue weighted by Crippen LogP contribution is -2.25. The molecule has 198 valence electrons. The molecule has 0 aliphatic heterocycles. The molecular weight excluding hydrogens is 516 g/mol. The van der Waals surface area contributed by atoms with E-state index in [0.717, 1.165) is 5.56 Å². The van der Waals surface area contributed by atoms with Gasteiger partial charge >= 0.3 is 0 Å². The monoisotopic (exact) mass is 543 g/mol. The predicted molar refractivity (Wildman–Crippen MR) is 143 cm³/mol. The van der Waals surface area contributed by atoms with Crippen molar-refractivity contribution in [2.24, 2.45) is 0 Å². The lowest BCUT2D eigenvalue weighted by molar-refractivity contribution is 0.382. The van der Waals surface area contributed by atoms with Gasteiger partial charge in [0.05, 0.1) is 0 Å². The second kappa shape index (κ2) is 10.0. The van der Waals surface area contributed by atoms with E-state index in [4.69, 9.17) is 0 Å². The van der Waals surface area contributed by atoms with Crippen LogP contribution in [-0.2, 0) is 9.98 Å². The number of hydrogen-bond acceptors (Lipinski definition) is 1. The average molecular weight is 544 g/mol. The highest BCUT2D eigenvalue weighted by Gasteiger charge is 2.35. The summed E-state index contributed by atoms with van der Waals surface area (Å²) in [6, 6.07) is 19.2. The van der Waals surface area contributed by atoms with Gasteiger partial charge in [0.25, 0.3) is 0 Å². The number of halogens is 5. The van der Waals surface area contributed by atoms with E-state index in [2.05, 4.69) is 25.9 Å². The molecule has 4 rings (SSSR count). The summed E-state index contributed by atoms with van der Waals surface area (Å²) >= 11 is 0. The lowest BCUT2D eigenvalue weighted by Gasteiger charge is -2.26. The molecule has 0 fully saturated rings. The zero-order valence-corrected chi connectivity index (χ0v) is 22.5. The van der Waals surface area contributed by atoms with Crippen LogP contribution >= 0.6 is 7.29 Å². The van der Waals surface area contributed by atoms with Gasteiger partial charge in [-0.15, -0.1) is 0 Å². The zero-order valence-electron chi connectivity index (χ0n) is 21.6. The maximum absolute atomic E-state index is 14.9. The standard InChI is InChI=1S/C30H27F5NOP/c1-17-7-6-8-21(15-17)38(37,36-29-27(34)25(32)24(31)26(33)28(29)35)23-16-18(2)9-14-22(23)19-10-12-20(13-11-19)30(3,4)5/h6-16H,1-5H3,(H,36,37). The van der Waals surface area contributed by atoms with Crippen molar-refractivity contribution >= 4 is 23.6 Å². The third-order valence-corrected chi connectivity index (χ3v) is 8.99. The lowest BCUT2D eigenvalue weighted by atomic mass is 9.86. The minimum Gasteiger partial charge on any atom is -0.324 e. The predicted octanol–water partition coefficient (Wildman–Crippen LogP) is 8.30. The highest BCUT2D eigenvalue weighted by molar-refractivity contribution is 7.80. The number of nitrogens with one attached hydrogen (secondary N) is 1. The first-order valence-electron chi connectivity index (χ1n) is 11.9. The van der Waals surface area contributed by atoms with Crippen LogP contribution in [0.3, 0.4) is 0 Å². The van der Waals surface area contributed by atoms with Crippen molar-refractivity contribution in [1.29, 1.82) is 0 Å². The molecule has 4 aromatic rings. The summed E-state index contributed by atoms with van der Waals surface area (Å²) in [5.41, 5.74) is 2.18. The highest BCUT2D eigenvalue weighted by atomic mass is 31.2. The van der Waals surface area contributed by atoms with Gasteiger partial charge in [0.15, 0.2) is 23.3 Å². The summed E-state index contributed by atoms with van der Waals surface area (Å²) in [6.07, 6.45) is 0. The van der Waals surface area contributed by atoms with E-state index in [-0.39, 0.29) is 16.0 Å². The van der Waals surface area contributed by atoms with Gasteiger partial charge in [-0.05, 0) is 54.2 Å². The van der Waals surface area contributed by atoms with E-state index >= 15 is 0 Å². The first kappa shape index (κ1) is 27.6. The summed E-state index contributed by atoms with van der Waals surface area (Å²) in [5.74, 6) is -10.7. The molecule has 0 aliphatic carbocycles. The van der Waals surface area contributed by atoms with Crippen LogP contribution in [0.15, 0.2) is 66.7 Å². The van der Waals surface area contributed by atoms with Crippen LogP contribution in [0.25, 0.3) is 11.1 Å². The fourth-order valence-electron chi connectivity index (χ4n) is 4.24. The molecule has 1 atom stereocenters. The Morgan fingerprint density at radius 3 is 1.79 bits per heavy atom. The van der Waals surface area contributed by atoms with Crippen LogP contribution in [0.4, 0.5) is 27.6 Å². The minimum absolute atomic E-state index is 0.112. The van der Waals surface area contributed by atoms with Gasteiger partial charge in [-0.3, -0.25) is 4.57 Å². The molecule has 4 aromatic carbocycles. The minimum atomic E-state index is -4.24. The zero-order chi connectivity index (χ0) is 28.0. The summed E-state index contributed by atoms with van der Waals surface area (Å²) in [6.45, 7) is 9.71. The van der Waals surface area contributed by atoms with E-state index in [0.29, 0.717) is 22.3 Å². The topological polar surface area (TPSA) is 29.1 Å². The molecule has 0 heterocycles. The number of benzene rings is 4. The second-order valence-electron chi connectivity index (χ2n) is 10.4. The van der Waals surface area contributed by atoms with E-state index in [1.165, 1.54) is 6.07 Å². The molecule has 0 radical (unpaired) electrons. The van der Waals surface area contributed by atoms with E-state index in [1.54, 1.807) is 50.2 Å². The van der Waals surface area contributed by atoms with E-state index in [9.17, 15) is 26.5 Å². The molecule has 0 spiro atoms. The number of anilines is 1. The first-order valence-corrected chi connectivity index (χ1v) is 13.6. The van der Waals surface area contributed by atoms with Crippen molar-refractivity contribution in [2.75, 3.05) is 5.09 Å². The Balaban J connectivity index is 2.01. The molecule has 38 heavy (non-hydrogen) atoms. The van der Waals surface area contributed by atoms with Gasteiger partial charge in [-0.2, -0.15) is 0 Å². The Morgan fingerprint density at radius 1 is 0.684 bits per heavy atom. The first-order chi connectivity index (χ1) is 17.7. The molecule has 1 unspecified atom stereocenters. The molecule has 0 saturated carbocycles. The Hall–Kier alpha value is -3.44. The highest BCUT2D eigenvalue weighted by Crippen LogP contribution is 2.48. The second-order valence-corrected chi connectivity index (χ2v) is 12.8. The van der Waals surface area contributed by atoms with Crippen LogP contribution < -0.4 is 15.7 Å². The van der Waals surface area contributed by atoms with Gasteiger partial charge in [-0.25, -0.2) is 22.0 Å². The smallest absolute Gasteiger partial charge is 0.227 e. The molecule has 0 bridgehead atoms. The normalized spacial score (nSPS) is 13.3. The molecule has 8 heteroatoms. The van der Waals surface area contributed by atoms with Crippen LogP contribution in [0.5, 0.6) is 0 Å².